The number of hydrogen-bond donors (Lipinski definition) is 2. The van der Waals surface area contributed by atoms with E-state index in [4.69, 9.17) is 16.3 Å². The Hall–Kier alpha value is -4.36. The lowest BCUT2D eigenvalue weighted by Crippen LogP contribution is -2.31. The van der Waals surface area contributed by atoms with Gasteiger partial charge in [-0.3, -0.25) is 9.67 Å². The second-order valence-corrected chi connectivity index (χ2v) is 11.1. The number of rotatable bonds is 7. The van der Waals surface area contributed by atoms with Crippen LogP contribution in [0.25, 0.3) is 28.2 Å². The topological polar surface area (TPSA) is 119 Å². The van der Waals surface area contributed by atoms with Gasteiger partial charge in [0.2, 0.25) is 0 Å². The van der Waals surface area contributed by atoms with Gasteiger partial charge in [0.25, 0.3) is 10.0 Å². The highest BCUT2D eigenvalue weighted by atomic mass is 35.5. The third kappa shape index (κ3) is 6.05. The van der Waals surface area contributed by atoms with Gasteiger partial charge in [-0.25, -0.2) is 22.9 Å². The summed E-state index contributed by atoms with van der Waals surface area (Å²) in [6.07, 6.45) is -3.91. The number of imidazole rings is 1. The van der Waals surface area contributed by atoms with E-state index in [2.05, 4.69) is 15.2 Å². The number of hydrogen-bond acceptors (Lipinski definition) is 6. The molecule has 0 bridgehead atoms. The Morgan fingerprint density at radius 1 is 1.07 bits per heavy atom. The molecule has 5 aromatic rings. The van der Waals surface area contributed by atoms with Crippen LogP contribution in [0.15, 0.2) is 77.8 Å². The summed E-state index contributed by atoms with van der Waals surface area (Å²) >= 11 is 6.00. The van der Waals surface area contributed by atoms with Crippen LogP contribution < -0.4 is 4.72 Å². The fourth-order valence-corrected chi connectivity index (χ4v) is 5.28. The van der Waals surface area contributed by atoms with E-state index in [-0.39, 0.29) is 23.4 Å². The molecule has 2 heterocycles. The average Bonchev–Trinajstić information content (AvgIpc) is 3.56. The van der Waals surface area contributed by atoms with Crippen molar-refractivity contribution in [3.05, 3.63) is 94.6 Å². The van der Waals surface area contributed by atoms with Gasteiger partial charge in [-0.15, -0.1) is 0 Å². The van der Waals surface area contributed by atoms with Gasteiger partial charge in [0.15, 0.2) is 5.82 Å². The van der Waals surface area contributed by atoms with Gasteiger partial charge in [-0.1, -0.05) is 41.4 Å². The van der Waals surface area contributed by atoms with E-state index in [0.717, 1.165) is 17.2 Å². The number of amides is 1. The Bertz CT molecular complexity index is 1820. The largest absolute Gasteiger partial charge is 0.448 e. The van der Waals surface area contributed by atoms with Gasteiger partial charge in [-0.2, -0.15) is 18.3 Å². The van der Waals surface area contributed by atoms with Crippen LogP contribution in [0.1, 0.15) is 16.7 Å². The zero-order chi connectivity index (χ0) is 29.4. The van der Waals surface area contributed by atoms with Crippen molar-refractivity contribution in [2.24, 2.45) is 0 Å². The highest BCUT2D eigenvalue weighted by molar-refractivity contribution is 7.90. The molecular weight excluding hydrogens is 583 g/mol. The summed E-state index contributed by atoms with van der Waals surface area (Å²) < 4.78 is 73.6. The third-order valence-corrected chi connectivity index (χ3v) is 7.79. The normalized spacial score (nSPS) is 12.0. The predicted molar refractivity (Wildman–Crippen MR) is 145 cm³/mol. The van der Waals surface area contributed by atoms with Crippen molar-refractivity contribution in [1.29, 1.82) is 0 Å². The number of nitrogens with zero attached hydrogens (tertiary/aromatic N) is 3. The maximum atomic E-state index is 13.4. The Balaban J connectivity index is 1.33. The van der Waals surface area contributed by atoms with Crippen LogP contribution in [0.5, 0.6) is 0 Å². The molecule has 212 valence electrons. The minimum atomic E-state index is -4.65. The number of carbonyl (C=O) groups excluding carboxylic acids is 1. The van der Waals surface area contributed by atoms with E-state index in [1.165, 1.54) is 18.2 Å². The number of nitrogens with one attached hydrogen (secondary N) is 2. The summed E-state index contributed by atoms with van der Waals surface area (Å²) in [5, 5.41) is 6.33. The molecule has 5 rings (SSSR count). The number of aromatic amines is 1. The van der Waals surface area contributed by atoms with Crippen LogP contribution in [-0.2, 0) is 27.4 Å². The van der Waals surface area contributed by atoms with Crippen LogP contribution >= 0.6 is 11.6 Å². The number of aromatic nitrogens is 4. The molecule has 14 heteroatoms. The van der Waals surface area contributed by atoms with Gasteiger partial charge >= 0.3 is 12.3 Å². The smallest absolute Gasteiger partial charge is 0.421 e. The van der Waals surface area contributed by atoms with Crippen LogP contribution in [0.3, 0.4) is 0 Å². The zero-order valence-corrected chi connectivity index (χ0v) is 22.8. The molecule has 0 saturated heterocycles. The van der Waals surface area contributed by atoms with Crippen molar-refractivity contribution in [1.82, 2.24) is 24.5 Å². The minimum absolute atomic E-state index is 0.0622. The van der Waals surface area contributed by atoms with Crippen molar-refractivity contribution in [3.8, 4) is 17.2 Å². The molecule has 3 aromatic carbocycles. The van der Waals surface area contributed by atoms with Gasteiger partial charge in [-0.05, 0) is 55.0 Å². The van der Waals surface area contributed by atoms with Crippen molar-refractivity contribution >= 4 is 38.8 Å². The maximum Gasteiger partial charge on any atom is 0.421 e. The van der Waals surface area contributed by atoms with Crippen LogP contribution in [-0.4, -0.2) is 40.9 Å². The van der Waals surface area contributed by atoms with Crippen molar-refractivity contribution in [3.63, 3.8) is 0 Å². The van der Waals surface area contributed by atoms with Crippen LogP contribution in [0.2, 0.25) is 5.02 Å². The van der Waals surface area contributed by atoms with E-state index >= 15 is 0 Å². The lowest BCUT2D eigenvalue weighted by atomic mass is 10.1. The first-order valence-electron chi connectivity index (χ1n) is 12.1. The molecule has 0 spiro atoms. The van der Waals surface area contributed by atoms with Gasteiger partial charge < -0.3 is 4.74 Å². The number of benzene rings is 3. The van der Waals surface area contributed by atoms with E-state index in [9.17, 15) is 26.4 Å². The van der Waals surface area contributed by atoms with E-state index in [0.29, 0.717) is 22.7 Å². The Morgan fingerprint density at radius 3 is 2.41 bits per heavy atom. The summed E-state index contributed by atoms with van der Waals surface area (Å²) in [7, 11) is -4.07. The minimum Gasteiger partial charge on any atom is -0.448 e. The van der Waals surface area contributed by atoms with Crippen LogP contribution in [0, 0.1) is 6.92 Å². The summed E-state index contributed by atoms with van der Waals surface area (Å²) in [5.74, 6) is 0.305. The molecule has 2 aromatic heterocycles. The number of sulfonamides is 1. The van der Waals surface area contributed by atoms with Crippen molar-refractivity contribution in [2.75, 3.05) is 6.61 Å². The van der Waals surface area contributed by atoms with E-state index in [1.54, 1.807) is 53.2 Å². The second-order valence-electron chi connectivity index (χ2n) is 9.02. The first kappa shape index (κ1) is 28.2. The van der Waals surface area contributed by atoms with E-state index < -0.39 is 32.9 Å². The lowest BCUT2D eigenvalue weighted by molar-refractivity contribution is -0.137. The second kappa shape index (κ2) is 10.9. The number of H-pyrrole nitrogens is 1. The number of halogens is 4. The molecule has 41 heavy (non-hydrogen) atoms. The molecule has 0 aliphatic carbocycles. The standard InChI is InChI=1S/C27H21ClF3N5O4S/c1-16-2-8-19(9-3-16)41(38,39)35-26(37)40-13-11-17-4-6-18(7-5-17)36-24-15-21(28)20(27(29,30)31)14-23(24)33-25(36)22-10-12-32-34-22/h2-10,12,14-15H,11,13H2,1H3,(H,32,34)(H,35,37). The van der Waals surface area contributed by atoms with Crippen molar-refractivity contribution in [2.45, 2.75) is 24.4 Å². The monoisotopic (exact) mass is 603 g/mol. The molecule has 0 atom stereocenters. The SMILES string of the molecule is Cc1ccc(S(=O)(=O)NC(=O)OCCc2ccc(-n3c(-c4cc[nH]n4)nc4cc(C(F)(F)F)c(Cl)cc43)cc2)cc1. The average molecular weight is 604 g/mol. The molecule has 9 nitrogen and oxygen atoms in total. The maximum absolute atomic E-state index is 13.4. The van der Waals surface area contributed by atoms with Crippen molar-refractivity contribution < 1.29 is 31.1 Å². The zero-order valence-electron chi connectivity index (χ0n) is 21.2. The molecule has 2 N–H and O–H groups in total. The number of aryl methyl sites for hydroxylation is 1. The summed E-state index contributed by atoms with van der Waals surface area (Å²) in [6, 6.07) is 16.7. The van der Waals surface area contributed by atoms with E-state index in [1.807, 2.05) is 11.6 Å². The first-order chi connectivity index (χ1) is 19.4. The summed E-state index contributed by atoms with van der Waals surface area (Å²) in [4.78, 5) is 16.4. The highest BCUT2D eigenvalue weighted by Crippen LogP contribution is 2.38. The molecule has 1 amide bonds. The highest BCUT2D eigenvalue weighted by Gasteiger charge is 2.34. The molecular formula is C27H21ClF3N5O4S. The predicted octanol–water partition coefficient (Wildman–Crippen LogP) is 6.05. The molecule has 0 radical (unpaired) electrons. The molecule has 0 aliphatic heterocycles. The fraction of sp³-hybridized carbons (Fsp3) is 0.148. The molecule has 0 saturated carbocycles. The van der Waals surface area contributed by atoms with Gasteiger partial charge in [0.05, 0.1) is 33.1 Å². The summed E-state index contributed by atoms with van der Waals surface area (Å²) in [6.45, 7) is 1.71. The lowest BCUT2D eigenvalue weighted by Gasteiger charge is -2.12. The Kier molecular flexibility index (Phi) is 7.49. The van der Waals surface area contributed by atoms with Gasteiger partial charge in [0, 0.05) is 18.3 Å². The Labute approximate surface area is 237 Å². The number of carbonyl (C=O) groups is 1. The number of fused-ring (bicyclic) bond motifs is 1. The molecule has 0 fully saturated rings. The van der Waals surface area contributed by atoms with Crippen LogP contribution in [0.4, 0.5) is 18.0 Å². The number of ether oxygens (including phenoxy) is 1. The molecule has 0 aliphatic rings. The Morgan fingerprint density at radius 2 is 1.78 bits per heavy atom. The molecule has 0 unspecified atom stereocenters. The quantitative estimate of drug-likeness (QED) is 0.234. The third-order valence-electron chi connectivity index (χ3n) is 6.15. The van der Waals surface area contributed by atoms with Gasteiger partial charge in [0.1, 0.15) is 5.69 Å². The summed E-state index contributed by atoms with van der Waals surface area (Å²) in [5.41, 5.74) is 2.06. The number of alkyl halides is 3. The fourth-order valence-electron chi connectivity index (χ4n) is 4.12. The first-order valence-corrected chi connectivity index (χ1v) is 13.9.